The summed E-state index contributed by atoms with van der Waals surface area (Å²) in [6, 6.07) is 14.3. The number of para-hydroxylation sites is 2. The van der Waals surface area contributed by atoms with Crippen molar-refractivity contribution < 1.29 is 0 Å². The van der Waals surface area contributed by atoms with E-state index in [1.165, 1.54) is 5.52 Å². The van der Waals surface area contributed by atoms with Crippen LogP contribution in [-0.4, -0.2) is 14.5 Å². The minimum atomic E-state index is 0.782. The molecule has 0 atom stereocenters. The van der Waals surface area contributed by atoms with E-state index >= 15 is 0 Å². The van der Waals surface area contributed by atoms with Crippen molar-refractivity contribution in [2.45, 2.75) is 19.9 Å². The maximum Gasteiger partial charge on any atom is 0.109 e. The van der Waals surface area contributed by atoms with Gasteiger partial charge >= 0.3 is 0 Å². The molecular weight excluding hydrogens is 222 g/mol. The predicted octanol–water partition coefficient (Wildman–Crippen LogP) is 3.04. The highest BCUT2D eigenvalue weighted by Gasteiger charge is 2.09. The van der Waals surface area contributed by atoms with E-state index in [0.717, 1.165) is 30.0 Å². The first kappa shape index (κ1) is 11.0. The molecule has 3 nitrogen and oxygen atoms in total. The minimum Gasteiger partial charge on any atom is -0.322 e. The summed E-state index contributed by atoms with van der Waals surface area (Å²) in [5, 5.41) is 0. The van der Waals surface area contributed by atoms with Crippen molar-refractivity contribution in [2.75, 3.05) is 0 Å². The molecule has 3 aromatic rings. The monoisotopic (exact) mass is 237 g/mol. The third kappa shape index (κ3) is 1.88. The van der Waals surface area contributed by atoms with Gasteiger partial charge in [0.25, 0.3) is 0 Å². The number of rotatable bonds is 3. The average Bonchev–Trinajstić information content (AvgIpc) is 2.78. The van der Waals surface area contributed by atoms with E-state index in [1.54, 1.807) is 0 Å². The van der Waals surface area contributed by atoms with Crippen LogP contribution in [0, 0.1) is 0 Å². The number of aromatic nitrogens is 3. The summed E-state index contributed by atoms with van der Waals surface area (Å²) in [5.74, 6) is 1.11. The standard InChI is InChI=1S/C15H15N3/c1-2-15-17-13-8-3-4-9-14(13)18(15)11-12-7-5-6-10-16-12/h3-10H,2,11H2,1H3. The number of pyridine rings is 1. The average molecular weight is 237 g/mol. The molecule has 0 spiro atoms. The zero-order valence-electron chi connectivity index (χ0n) is 10.4. The van der Waals surface area contributed by atoms with Crippen LogP contribution in [0.5, 0.6) is 0 Å². The minimum absolute atomic E-state index is 0.782. The van der Waals surface area contributed by atoms with Gasteiger partial charge in [-0.1, -0.05) is 25.1 Å². The van der Waals surface area contributed by atoms with E-state index < -0.39 is 0 Å². The van der Waals surface area contributed by atoms with Crippen molar-refractivity contribution in [1.29, 1.82) is 0 Å². The van der Waals surface area contributed by atoms with E-state index in [0.29, 0.717) is 0 Å². The molecule has 3 heteroatoms. The maximum absolute atomic E-state index is 4.66. The van der Waals surface area contributed by atoms with Crippen LogP contribution in [-0.2, 0) is 13.0 Å². The molecule has 3 rings (SSSR count). The van der Waals surface area contributed by atoms with Gasteiger partial charge in [0.1, 0.15) is 5.82 Å². The molecule has 0 aliphatic heterocycles. The number of hydrogen-bond donors (Lipinski definition) is 0. The second kappa shape index (κ2) is 4.61. The van der Waals surface area contributed by atoms with Crippen LogP contribution in [0.1, 0.15) is 18.4 Å². The van der Waals surface area contributed by atoms with Crippen molar-refractivity contribution in [3.63, 3.8) is 0 Å². The van der Waals surface area contributed by atoms with Crippen LogP contribution in [0.25, 0.3) is 11.0 Å². The van der Waals surface area contributed by atoms with Crippen molar-refractivity contribution in [3.05, 3.63) is 60.2 Å². The van der Waals surface area contributed by atoms with Gasteiger partial charge in [0, 0.05) is 12.6 Å². The van der Waals surface area contributed by atoms with E-state index in [-0.39, 0.29) is 0 Å². The number of fused-ring (bicyclic) bond motifs is 1. The second-order valence-electron chi connectivity index (χ2n) is 4.28. The lowest BCUT2D eigenvalue weighted by molar-refractivity contribution is 0.736. The number of imidazole rings is 1. The first-order valence-corrected chi connectivity index (χ1v) is 6.22. The fraction of sp³-hybridized carbons (Fsp3) is 0.200. The summed E-state index contributed by atoms with van der Waals surface area (Å²) >= 11 is 0. The van der Waals surface area contributed by atoms with Crippen molar-refractivity contribution in [1.82, 2.24) is 14.5 Å². The smallest absolute Gasteiger partial charge is 0.109 e. The van der Waals surface area contributed by atoms with Gasteiger partial charge in [0.2, 0.25) is 0 Å². The molecule has 0 aliphatic carbocycles. The lowest BCUT2D eigenvalue weighted by Crippen LogP contribution is -2.05. The third-order valence-electron chi connectivity index (χ3n) is 3.10. The molecule has 0 N–H and O–H groups in total. The summed E-state index contributed by atoms with van der Waals surface area (Å²) < 4.78 is 2.25. The number of aryl methyl sites for hydroxylation is 1. The van der Waals surface area contributed by atoms with Gasteiger partial charge < -0.3 is 4.57 Å². The summed E-state index contributed by atoms with van der Waals surface area (Å²) in [6.45, 7) is 2.92. The highest BCUT2D eigenvalue weighted by molar-refractivity contribution is 5.76. The Kier molecular flexibility index (Phi) is 2.81. The molecule has 90 valence electrons. The molecule has 18 heavy (non-hydrogen) atoms. The van der Waals surface area contributed by atoms with Crippen LogP contribution in [0.3, 0.4) is 0 Å². The normalized spacial score (nSPS) is 10.9. The van der Waals surface area contributed by atoms with Crippen LogP contribution < -0.4 is 0 Å². The SMILES string of the molecule is CCc1nc2ccccc2n1Cc1ccccn1. The van der Waals surface area contributed by atoms with E-state index in [1.807, 2.05) is 30.5 Å². The van der Waals surface area contributed by atoms with Crippen LogP contribution >= 0.6 is 0 Å². The van der Waals surface area contributed by atoms with E-state index in [4.69, 9.17) is 0 Å². The molecule has 0 bridgehead atoms. The molecule has 0 saturated heterocycles. The summed E-state index contributed by atoms with van der Waals surface area (Å²) in [4.78, 5) is 9.05. The first-order chi connectivity index (χ1) is 8.88. The molecule has 0 amide bonds. The Bertz CT molecular complexity index is 656. The van der Waals surface area contributed by atoms with Crippen molar-refractivity contribution in [3.8, 4) is 0 Å². The van der Waals surface area contributed by atoms with Crippen molar-refractivity contribution in [2.24, 2.45) is 0 Å². The van der Waals surface area contributed by atoms with Gasteiger partial charge in [-0.2, -0.15) is 0 Å². The van der Waals surface area contributed by atoms with Gasteiger partial charge in [0.15, 0.2) is 0 Å². The fourth-order valence-corrected chi connectivity index (χ4v) is 2.23. The van der Waals surface area contributed by atoms with Crippen molar-refractivity contribution >= 4 is 11.0 Å². The van der Waals surface area contributed by atoms with E-state index in [2.05, 4.69) is 39.7 Å². The molecule has 0 unspecified atom stereocenters. The highest BCUT2D eigenvalue weighted by Crippen LogP contribution is 2.17. The van der Waals surface area contributed by atoms with E-state index in [9.17, 15) is 0 Å². The summed E-state index contributed by atoms with van der Waals surface area (Å²) in [7, 11) is 0. The Morgan fingerprint density at radius 1 is 1.06 bits per heavy atom. The number of hydrogen-bond acceptors (Lipinski definition) is 2. The van der Waals surface area contributed by atoms with Crippen LogP contribution in [0.2, 0.25) is 0 Å². The third-order valence-corrected chi connectivity index (χ3v) is 3.10. The van der Waals surface area contributed by atoms with Gasteiger partial charge in [-0.15, -0.1) is 0 Å². The molecule has 0 aliphatic rings. The molecule has 0 radical (unpaired) electrons. The lowest BCUT2D eigenvalue weighted by Gasteiger charge is -2.07. The van der Waals surface area contributed by atoms with Gasteiger partial charge in [-0.05, 0) is 24.3 Å². The first-order valence-electron chi connectivity index (χ1n) is 6.22. The molecule has 1 aromatic carbocycles. The number of nitrogens with zero attached hydrogens (tertiary/aromatic N) is 3. The van der Waals surface area contributed by atoms with Gasteiger partial charge in [-0.3, -0.25) is 4.98 Å². The van der Waals surface area contributed by atoms with Crippen LogP contribution in [0.4, 0.5) is 0 Å². The largest absolute Gasteiger partial charge is 0.322 e. The van der Waals surface area contributed by atoms with Gasteiger partial charge in [0.05, 0.1) is 23.3 Å². The Morgan fingerprint density at radius 3 is 2.67 bits per heavy atom. The fourth-order valence-electron chi connectivity index (χ4n) is 2.23. The lowest BCUT2D eigenvalue weighted by atomic mass is 10.3. The van der Waals surface area contributed by atoms with Crippen LogP contribution in [0.15, 0.2) is 48.7 Å². The Labute approximate surface area is 106 Å². The second-order valence-corrected chi connectivity index (χ2v) is 4.28. The molecule has 2 heterocycles. The molecule has 2 aromatic heterocycles. The number of benzene rings is 1. The molecule has 0 saturated carbocycles. The maximum atomic E-state index is 4.66. The molecular formula is C15H15N3. The Hall–Kier alpha value is -2.16. The van der Waals surface area contributed by atoms with Gasteiger partial charge in [-0.25, -0.2) is 4.98 Å². The highest BCUT2D eigenvalue weighted by atomic mass is 15.1. The zero-order valence-corrected chi connectivity index (χ0v) is 10.4. The summed E-state index contributed by atoms with van der Waals surface area (Å²) in [5.41, 5.74) is 3.31. The quantitative estimate of drug-likeness (QED) is 0.701. The Balaban J connectivity index is 2.10. The summed E-state index contributed by atoms with van der Waals surface area (Å²) in [6.07, 6.45) is 2.77. The molecule has 0 fully saturated rings. The predicted molar refractivity (Wildman–Crippen MR) is 72.5 cm³/mol. The topological polar surface area (TPSA) is 30.7 Å². The zero-order chi connectivity index (χ0) is 12.4. The Morgan fingerprint density at radius 2 is 1.89 bits per heavy atom.